The highest BCUT2D eigenvalue weighted by Gasteiger charge is 2.26. The molecule has 0 saturated carbocycles. The number of amides is 2. The molecule has 25 heavy (non-hydrogen) atoms. The average Bonchev–Trinajstić information content (AvgIpc) is 2.61. The molecule has 1 aliphatic rings. The fraction of sp³-hybridized carbons (Fsp3) is 0.625. The number of ether oxygens (including phenoxy) is 1. The molecule has 9 nitrogen and oxygen atoms in total. The highest BCUT2D eigenvalue weighted by molar-refractivity contribution is 5.92. The van der Waals surface area contributed by atoms with Gasteiger partial charge in [-0.15, -0.1) is 0 Å². The molecular weight excluding hydrogens is 324 g/mol. The number of likely N-dealkylation sites (N-methyl/N-ethyl adjacent to an activating group) is 1. The maximum absolute atomic E-state index is 12.6. The Labute approximate surface area is 148 Å². The maximum Gasteiger partial charge on any atom is 0.409 e. The normalized spacial score (nSPS) is 14.6. The number of rotatable bonds is 6. The Hall–Kier alpha value is -2.42. The second-order valence-corrected chi connectivity index (χ2v) is 5.97. The minimum absolute atomic E-state index is 0.151. The first-order valence-electron chi connectivity index (χ1n) is 8.44. The SMILES string of the molecule is CCOC(=O)N1CCN(C(=O)c2ccnc(NCCN(C)C)n2)CC1. The van der Waals surface area contributed by atoms with Crippen molar-refractivity contribution in [1.29, 1.82) is 0 Å². The molecule has 1 aliphatic heterocycles. The molecule has 1 fully saturated rings. The van der Waals surface area contributed by atoms with Gasteiger partial charge >= 0.3 is 6.09 Å². The van der Waals surface area contributed by atoms with Gasteiger partial charge in [0.05, 0.1) is 6.61 Å². The fourth-order valence-corrected chi connectivity index (χ4v) is 2.42. The van der Waals surface area contributed by atoms with E-state index in [-0.39, 0.29) is 12.0 Å². The summed E-state index contributed by atoms with van der Waals surface area (Å²) in [5, 5.41) is 3.11. The van der Waals surface area contributed by atoms with Crippen molar-refractivity contribution in [1.82, 2.24) is 24.7 Å². The molecular formula is C16H26N6O3. The van der Waals surface area contributed by atoms with Crippen LogP contribution in [-0.2, 0) is 4.74 Å². The van der Waals surface area contributed by atoms with Gasteiger partial charge in [-0.05, 0) is 27.1 Å². The summed E-state index contributed by atoms with van der Waals surface area (Å²) in [6.07, 6.45) is 1.25. The maximum atomic E-state index is 12.6. The van der Waals surface area contributed by atoms with E-state index in [1.807, 2.05) is 19.0 Å². The molecule has 0 unspecified atom stereocenters. The minimum atomic E-state index is -0.330. The van der Waals surface area contributed by atoms with Crippen LogP contribution in [0.15, 0.2) is 12.3 Å². The van der Waals surface area contributed by atoms with Crippen molar-refractivity contribution in [3.8, 4) is 0 Å². The molecule has 1 N–H and O–H groups in total. The molecule has 0 aliphatic carbocycles. The van der Waals surface area contributed by atoms with Gasteiger partial charge in [0.25, 0.3) is 5.91 Å². The van der Waals surface area contributed by atoms with E-state index in [0.29, 0.717) is 51.0 Å². The molecule has 9 heteroatoms. The van der Waals surface area contributed by atoms with Gasteiger partial charge in [-0.25, -0.2) is 14.8 Å². The summed E-state index contributed by atoms with van der Waals surface area (Å²) < 4.78 is 4.98. The zero-order valence-corrected chi connectivity index (χ0v) is 15.1. The third kappa shape index (κ3) is 5.56. The van der Waals surface area contributed by atoms with Crippen molar-refractivity contribution >= 4 is 17.9 Å². The molecule has 0 bridgehead atoms. The molecule has 138 valence electrons. The van der Waals surface area contributed by atoms with E-state index in [2.05, 4.69) is 15.3 Å². The van der Waals surface area contributed by atoms with E-state index in [1.165, 1.54) is 0 Å². The first kappa shape index (κ1) is 18.9. The fourth-order valence-electron chi connectivity index (χ4n) is 2.42. The Balaban J connectivity index is 1.89. The number of hydrogen-bond donors (Lipinski definition) is 1. The number of piperazine rings is 1. The molecule has 1 saturated heterocycles. The lowest BCUT2D eigenvalue weighted by molar-refractivity contribution is 0.0566. The number of carbonyl (C=O) groups is 2. The Bertz CT molecular complexity index is 587. The zero-order chi connectivity index (χ0) is 18.2. The molecule has 0 aromatic carbocycles. The van der Waals surface area contributed by atoms with E-state index < -0.39 is 0 Å². The molecule has 2 rings (SSSR count). The van der Waals surface area contributed by atoms with Crippen LogP contribution in [0.5, 0.6) is 0 Å². The minimum Gasteiger partial charge on any atom is -0.450 e. The van der Waals surface area contributed by atoms with Gasteiger partial charge in [-0.1, -0.05) is 0 Å². The Morgan fingerprint density at radius 1 is 1.24 bits per heavy atom. The highest BCUT2D eigenvalue weighted by Crippen LogP contribution is 2.09. The van der Waals surface area contributed by atoms with Gasteiger partial charge in [0.2, 0.25) is 5.95 Å². The lowest BCUT2D eigenvalue weighted by Crippen LogP contribution is -2.50. The first-order valence-corrected chi connectivity index (χ1v) is 8.44. The summed E-state index contributed by atoms with van der Waals surface area (Å²) in [5.74, 6) is 0.291. The molecule has 0 atom stereocenters. The van der Waals surface area contributed by atoms with Crippen LogP contribution in [0.2, 0.25) is 0 Å². The van der Waals surface area contributed by atoms with Crippen LogP contribution in [0.3, 0.4) is 0 Å². The number of hydrogen-bond acceptors (Lipinski definition) is 7. The number of carbonyl (C=O) groups excluding carboxylic acids is 2. The van der Waals surface area contributed by atoms with Gasteiger partial charge in [0.1, 0.15) is 5.69 Å². The number of nitrogens with zero attached hydrogens (tertiary/aromatic N) is 5. The summed E-state index contributed by atoms with van der Waals surface area (Å²) >= 11 is 0. The molecule has 1 aromatic rings. The van der Waals surface area contributed by atoms with Crippen LogP contribution in [0, 0.1) is 0 Å². The largest absolute Gasteiger partial charge is 0.450 e. The van der Waals surface area contributed by atoms with E-state index in [0.717, 1.165) is 6.54 Å². The van der Waals surface area contributed by atoms with Crippen LogP contribution in [0.25, 0.3) is 0 Å². The third-order valence-corrected chi connectivity index (χ3v) is 3.81. The molecule has 0 radical (unpaired) electrons. The lowest BCUT2D eigenvalue weighted by Gasteiger charge is -2.33. The number of aromatic nitrogens is 2. The Morgan fingerprint density at radius 3 is 2.56 bits per heavy atom. The van der Waals surface area contributed by atoms with Crippen molar-refractivity contribution in [3.05, 3.63) is 18.0 Å². The van der Waals surface area contributed by atoms with Crippen molar-refractivity contribution in [3.63, 3.8) is 0 Å². The highest BCUT2D eigenvalue weighted by atomic mass is 16.6. The predicted octanol–water partition coefficient (Wildman–Crippen LogP) is 0.364. The zero-order valence-electron chi connectivity index (χ0n) is 15.1. The van der Waals surface area contributed by atoms with Gasteiger partial charge < -0.3 is 24.8 Å². The van der Waals surface area contributed by atoms with Crippen LogP contribution < -0.4 is 5.32 Å². The monoisotopic (exact) mass is 350 g/mol. The summed E-state index contributed by atoms with van der Waals surface area (Å²) in [5.41, 5.74) is 0.354. The average molecular weight is 350 g/mol. The van der Waals surface area contributed by atoms with Gasteiger partial charge in [-0.2, -0.15) is 0 Å². The Kier molecular flexibility index (Phi) is 6.93. The smallest absolute Gasteiger partial charge is 0.409 e. The first-order chi connectivity index (χ1) is 12.0. The van der Waals surface area contributed by atoms with Crippen LogP contribution >= 0.6 is 0 Å². The molecule has 2 heterocycles. The molecule has 1 aromatic heterocycles. The quantitative estimate of drug-likeness (QED) is 0.792. The summed E-state index contributed by atoms with van der Waals surface area (Å²) in [7, 11) is 3.97. The van der Waals surface area contributed by atoms with E-state index >= 15 is 0 Å². The second-order valence-electron chi connectivity index (χ2n) is 5.97. The van der Waals surface area contributed by atoms with Crippen LogP contribution in [0.1, 0.15) is 17.4 Å². The third-order valence-electron chi connectivity index (χ3n) is 3.81. The molecule has 0 spiro atoms. The van der Waals surface area contributed by atoms with Gasteiger partial charge in [0.15, 0.2) is 0 Å². The number of anilines is 1. The van der Waals surface area contributed by atoms with Crippen LogP contribution in [-0.4, -0.2) is 96.6 Å². The topological polar surface area (TPSA) is 90.9 Å². The summed E-state index contributed by atoms with van der Waals surface area (Å²) in [6, 6.07) is 1.61. The summed E-state index contributed by atoms with van der Waals surface area (Å²) in [4.78, 5) is 38.1. The van der Waals surface area contributed by atoms with Gasteiger partial charge in [0, 0.05) is 45.5 Å². The van der Waals surface area contributed by atoms with E-state index in [1.54, 1.807) is 29.0 Å². The van der Waals surface area contributed by atoms with Crippen molar-refractivity contribution < 1.29 is 14.3 Å². The van der Waals surface area contributed by atoms with Crippen molar-refractivity contribution in [2.45, 2.75) is 6.92 Å². The lowest BCUT2D eigenvalue weighted by atomic mass is 10.3. The number of nitrogens with one attached hydrogen (secondary N) is 1. The Morgan fingerprint density at radius 2 is 1.92 bits per heavy atom. The second kappa shape index (κ2) is 9.16. The summed E-state index contributed by atoms with van der Waals surface area (Å²) in [6.45, 7) is 5.52. The molecule has 2 amide bonds. The van der Waals surface area contributed by atoms with Crippen molar-refractivity contribution in [2.75, 3.05) is 65.3 Å². The predicted molar refractivity (Wildman–Crippen MR) is 93.6 cm³/mol. The van der Waals surface area contributed by atoms with E-state index in [9.17, 15) is 9.59 Å². The van der Waals surface area contributed by atoms with Gasteiger partial charge in [-0.3, -0.25) is 4.79 Å². The van der Waals surface area contributed by atoms with Crippen LogP contribution in [0.4, 0.5) is 10.7 Å². The van der Waals surface area contributed by atoms with E-state index in [4.69, 9.17) is 4.74 Å². The van der Waals surface area contributed by atoms with Crippen molar-refractivity contribution in [2.24, 2.45) is 0 Å². The standard InChI is InChI=1S/C16H26N6O3/c1-4-25-16(24)22-11-9-21(10-12-22)14(23)13-5-6-17-15(19-13)18-7-8-20(2)3/h5-6H,4,7-12H2,1-3H3,(H,17,18,19).